The minimum absolute atomic E-state index is 0.0559. The number of H-pyrrole nitrogens is 1. The number of carbonyl (C=O) groups excluding carboxylic acids is 1. The van der Waals surface area contributed by atoms with Crippen LogP contribution >= 0.6 is 0 Å². The number of hydrogen-bond donors (Lipinski definition) is 3. The van der Waals surface area contributed by atoms with E-state index in [1.165, 1.54) is 12.1 Å². The highest BCUT2D eigenvalue weighted by molar-refractivity contribution is 7.90. The van der Waals surface area contributed by atoms with Gasteiger partial charge in [-0.25, -0.2) is 27.2 Å². The molecule has 2 aromatic carbocycles. The van der Waals surface area contributed by atoms with Crippen molar-refractivity contribution in [3.63, 3.8) is 0 Å². The normalized spacial score (nSPS) is 17.3. The lowest BCUT2D eigenvalue weighted by Crippen LogP contribution is -2.57. The molecule has 2 atom stereocenters. The topological polar surface area (TPSA) is 123 Å². The third-order valence-corrected chi connectivity index (χ3v) is 8.67. The Hall–Kier alpha value is -3.94. The highest BCUT2D eigenvalue weighted by Crippen LogP contribution is 2.34. The summed E-state index contributed by atoms with van der Waals surface area (Å²) in [7, 11) is -1.73. The number of amides is 1. The first-order chi connectivity index (χ1) is 20.0. The van der Waals surface area contributed by atoms with Crippen LogP contribution in [0, 0.1) is 11.6 Å². The van der Waals surface area contributed by atoms with Gasteiger partial charge >= 0.3 is 0 Å². The van der Waals surface area contributed by atoms with Gasteiger partial charge in [-0.1, -0.05) is 25.1 Å². The molecule has 1 fully saturated rings. The molecule has 1 saturated heterocycles. The summed E-state index contributed by atoms with van der Waals surface area (Å²) in [5, 5.41) is 6.32. The molecule has 0 aliphatic carbocycles. The van der Waals surface area contributed by atoms with Crippen LogP contribution in [0.2, 0.25) is 0 Å². The van der Waals surface area contributed by atoms with Crippen molar-refractivity contribution in [1.82, 2.24) is 24.8 Å². The third kappa shape index (κ3) is 5.85. The molecule has 222 valence electrons. The number of para-hydroxylation sites is 1. The average Bonchev–Trinajstić information content (AvgIpc) is 3.37. The van der Waals surface area contributed by atoms with Crippen LogP contribution in [0.1, 0.15) is 20.3 Å². The first-order valence-corrected chi connectivity index (χ1v) is 15.5. The summed E-state index contributed by atoms with van der Waals surface area (Å²) in [5.74, 6) is -1.94. The molecule has 1 aliphatic heterocycles. The van der Waals surface area contributed by atoms with Gasteiger partial charge in [0.25, 0.3) is 0 Å². The summed E-state index contributed by atoms with van der Waals surface area (Å²) >= 11 is 0. The second kappa shape index (κ2) is 11.7. The second-order valence-corrected chi connectivity index (χ2v) is 12.6. The van der Waals surface area contributed by atoms with Gasteiger partial charge in [0.1, 0.15) is 10.6 Å². The number of carbonyl (C=O) groups is 1. The molecule has 0 unspecified atom stereocenters. The molecule has 1 amide bonds. The van der Waals surface area contributed by atoms with Crippen molar-refractivity contribution < 1.29 is 22.0 Å². The summed E-state index contributed by atoms with van der Waals surface area (Å²) in [5.41, 5.74) is 1.34. The zero-order chi connectivity index (χ0) is 30.2. The van der Waals surface area contributed by atoms with Gasteiger partial charge in [-0.15, -0.1) is 0 Å². The van der Waals surface area contributed by atoms with Gasteiger partial charge in [-0.2, -0.15) is 0 Å². The second-order valence-electron chi connectivity index (χ2n) is 10.6. The zero-order valence-corrected chi connectivity index (χ0v) is 24.6. The maximum atomic E-state index is 15.0. The van der Waals surface area contributed by atoms with Crippen molar-refractivity contribution >= 4 is 44.0 Å². The van der Waals surface area contributed by atoms with Crippen LogP contribution < -0.4 is 10.6 Å². The Labute approximate surface area is 243 Å². The van der Waals surface area contributed by atoms with Crippen molar-refractivity contribution in [2.45, 2.75) is 37.2 Å². The highest BCUT2D eigenvalue weighted by atomic mass is 32.2. The predicted octanol–water partition coefficient (Wildman–Crippen LogP) is 4.40. The van der Waals surface area contributed by atoms with E-state index >= 15 is 4.39 Å². The Kier molecular flexibility index (Phi) is 8.26. The Morgan fingerprint density at radius 3 is 2.62 bits per heavy atom. The summed E-state index contributed by atoms with van der Waals surface area (Å²) in [4.78, 5) is 28.8. The lowest BCUT2D eigenvalue weighted by Gasteiger charge is -2.42. The number of sulfone groups is 1. The van der Waals surface area contributed by atoms with Crippen molar-refractivity contribution in [1.29, 1.82) is 0 Å². The van der Waals surface area contributed by atoms with Crippen molar-refractivity contribution in [3.05, 3.63) is 60.4 Å². The van der Waals surface area contributed by atoms with E-state index < -0.39 is 26.4 Å². The monoisotopic (exact) mass is 597 g/mol. The molecule has 4 aromatic rings. The molecule has 0 bridgehead atoms. The number of aromatic nitrogens is 3. The minimum atomic E-state index is -3.81. The number of benzene rings is 2. The van der Waals surface area contributed by atoms with E-state index in [4.69, 9.17) is 0 Å². The van der Waals surface area contributed by atoms with E-state index in [1.807, 2.05) is 6.92 Å². The summed E-state index contributed by atoms with van der Waals surface area (Å²) < 4.78 is 53.7. The average molecular weight is 598 g/mol. The van der Waals surface area contributed by atoms with E-state index in [2.05, 4.69) is 49.4 Å². The van der Waals surface area contributed by atoms with Crippen LogP contribution in [-0.4, -0.2) is 84.1 Å². The quantitative estimate of drug-likeness (QED) is 0.273. The Morgan fingerprint density at radius 1 is 1.17 bits per heavy atom. The number of aromatic amines is 1. The summed E-state index contributed by atoms with van der Waals surface area (Å²) in [6.07, 6.45) is 4.10. The lowest BCUT2D eigenvalue weighted by atomic mass is 10.1. The maximum Gasteiger partial charge on any atom is 0.241 e. The third-order valence-electron chi connectivity index (χ3n) is 7.55. The Bertz CT molecular complexity index is 1740. The largest absolute Gasteiger partial charge is 0.359 e. The molecule has 13 heteroatoms. The van der Waals surface area contributed by atoms with E-state index in [9.17, 15) is 17.6 Å². The number of hydrogen-bond acceptors (Lipinski definition) is 8. The SMILES string of the molecule is CC[C@@H](C(=O)Nc1cccc2c(-c3nc(Nc4cccc(S(C)(=O)=O)c4F)ncc3F)c[nH]c12)N1CCN(C)C[C@H]1C. The first-order valence-electron chi connectivity index (χ1n) is 13.6. The predicted molar refractivity (Wildman–Crippen MR) is 158 cm³/mol. The fraction of sp³-hybridized carbons (Fsp3) is 0.345. The van der Waals surface area contributed by atoms with Crippen LogP contribution in [-0.2, 0) is 14.6 Å². The van der Waals surface area contributed by atoms with Gasteiger partial charge in [0.2, 0.25) is 11.9 Å². The van der Waals surface area contributed by atoms with Crippen LogP contribution in [0.25, 0.3) is 22.2 Å². The number of halogens is 2. The molecule has 3 N–H and O–H groups in total. The fourth-order valence-corrected chi connectivity index (χ4v) is 6.25. The number of piperazine rings is 1. The number of nitrogens with one attached hydrogen (secondary N) is 3. The van der Waals surface area contributed by atoms with Crippen molar-refractivity contribution in [2.75, 3.05) is 43.6 Å². The number of fused-ring (bicyclic) bond motifs is 1. The van der Waals surface area contributed by atoms with Gasteiger partial charge in [0.15, 0.2) is 21.5 Å². The van der Waals surface area contributed by atoms with E-state index in [0.717, 1.165) is 38.2 Å². The van der Waals surface area contributed by atoms with Crippen molar-refractivity contribution in [2.24, 2.45) is 0 Å². The standard InChI is InChI=1S/C29H33F2N7O3S/c1-5-23(38-13-12-37(3)16-17(38)2)28(39)34-22-10-6-8-18-19(14-32-27(18)22)26-20(30)15-33-29(36-26)35-21-9-7-11-24(25(21)31)42(4,40)41/h6-11,14-15,17,23,32H,5,12-13,16H2,1-4H3,(H,34,39)(H,33,35,36)/t17-,23+/m1/s1. The van der Waals surface area contributed by atoms with Crippen LogP contribution in [0.3, 0.4) is 0 Å². The molecule has 3 heterocycles. The summed E-state index contributed by atoms with van der Waals surface area (Å²) in [6, 6.07) is 9.13. The molecule has 2 aromatic heterocycles. The number of nitrogens with zero attached hydrogens (tertiary/aromatic N) is 4. The molecule has 42 heavy (non-hydrogen) atoms. The minimum Gasteiger partial charge on any atom is -0.359 e. The van der Waals surface area contributed by atoms with Gasteiger partial charge in [-0.05, 0) is 38.6 Å². The molecule has 1 aliphatic rings. The number of rotatable bonds is 8. The van der Waals surface area contributed by atoms with Gasteiger partial charge in [-0.3, -0.25) is 9.69 Å². The van der Waals surface area contributed by atoms with Crippen LogP contribution in [0.15, 0.2) is 53.7 Å². The van der Waals surface area contributed by atoms with Gasteiger partial charge < -0.3 is 20.5 Å². The molecule has 0 saturated carbocycles. The number of anilines is 3. The maximum absolute atomic E-state index is 15.0. The molecular weight excluding hydrogens is 564 g/mol. The number of likely N-dealkylation sites (N-methyl/N-ethyl adjacent to an activating group) is 1. The fourth-order valence-electron chi connectivity index (χ4n) is 5.49. The molecule has 0 spiro atoms. The Balaban J connectivity index is 1.43. The van der Waals surface area contributed by atoms with Crippen LogP contribution in [0.4, 0.5) is 26.1 Å². The highest BCUT2D eigenvalue weighted by Gasteiger charge is 2.32. The zero-order valence-electron chi connectivity index (χ0n) is 23.8. The van der Waals surface area contributed by atoms with Gasteiger partial charge in [0, 0.05) is 49.1 Å². The van der Waals surface area contributed by atoms with E-state index in [-0.39, 0.29) is 35.3 Å². The molecule has 5 rings (SSSR count). The summed E-state index contributed by atoms with van der Waals surface area (Å²) in [6.45, 7) is 6.69. The Morgan fingerprint density at radius 2 is 1.90 bits per heavy atom. The molecule has 10 nitrogen and oxygen atoms in total. The molecular formula is C29H33F2N7O3S. The smallest absolute Gasteiger partial charge is 0.241 e. The molecule has 0 radical (unpaired) electrons. The lowest BCUT2D eigenvalue weighted by molar-refractivity contribution is -0.123. The van der Waals surface area contributed by atoms with E-state index in [0.29, 0.717) is 28.6 Å². The van der Waals surface area contributed by atoms with Crippen LogP contribution in [0.5, 0.6) is 0 Å². The van der Waals surface area contributed by atoms with E-state index in [1.54, 1.807) is 24.4 Å². The van der Waals surface area contributed by atoms with Gasteiger partial charge in [0.05, 0.1) is 29.1 Å². The van der Waals surface area contributed by atoms with Crippen molar-refractivity contribution in [3.8, 4) is 11.3 Å². The first kappa shape index (κ1) is 29.5.